The van der Waals surface area contributed by atoms with Gasteiger partial charge in [-0.25, -0.2) is 0 Å². The van der Waals surface area contributed by atoms with E-state index in [2.05, 4.69) is 19.7 Å². The Morgan fingerprint density at radius 1 is 1.24 bits per heavy atom. The first-order valence-electron chi connectivity index (χ1n) is 4.91. The normalized spacial score (nSPS) is 14.6. The monoisotopic (exact) mass is 260 g/mol. The maximum atomic E-state index is 12.0. The largest absolute Gasteiger partial charge is 0.480 e. The Labute approximate surface area is 101 Å². The summed E-state index contributed by atoms with van der Waals surface area (Å²) >= 11 is 0. The highest BCUT2D eigenvalue weighted by Gasteiger charge is 2.53. The molecule has 5 nitrogen and oxygen atoms in total. The van der Waals surface area contributed by atoms with Gasteiger partial charge in [-0.2, -0.15) is 0 Å². The lowest BCUT2D eigenvalue weighted by molar-refractivity contribution is -0.140. The molecule has 0 spiro atoms. The summed E-state index contributed by atoms with van der Waals surface area (Å²) < 4.78 is 16.8. The van der Waals surface area contributed by atoms with Crippen LogP contribution in [-0.4, -0.2) is 27.7 Å². The third-order valence-corrected chi connectivity index (χ3v) is 4.41. The highest BCUT2D eigenvalue weighted by atomic mass is 31.2. The lowest BCUT2D eigenvalue weighted by Crippen LogP contribution is -2.38. The van der Waals surface area contributed by atoms with Gasteiger partial charge in [0.25, 0.3) is 0 Å². The van der Waals surface area contributed by atoms with Crippen LogP contribution in [0.15, 0.2) is 38.0 Å². The van der Waals surface area contributed by atoms with Crippen LogP contribution in [0.5, 0.6) is 0 Å². The molecule has 17 heavy (non-hydrogen) atoms. The Morgan fingerprint density at radius 2 is 1.71 bits per heavy atom. The van der Waals surface area contributed by atoms with Crippen molar-refractivity contribution in [3.05, 3.63) is 38.0 Å². The number of carboxylic acid groups (broad SMARTS) is 1. The predicted octanol–water partition coefficient (Wildman–Crippen LogP) is 2.35. The van der Waals surface area contributed by atoms with Crippen molar-refractivity contribution in [1.29, 1.82) is 0 Å². The number of hydrogen-bond acceptors (Lipinski definition) is 3. The van der Waals surface area contributed by atoms with Crippen LogP contribution in [0.1, 0.15) is 12.8 Å². The molecule has 0 aliphatic rings. The van der Waals surface area contributed by atoms with Gasteiger partial charge in [0.05, 0.1) is 6.61 Å². The Bertz CT molecular complexity index is 351. The Balaban J connectivity index is 5.45. The number of carbonyl (C=O) groups is 1. The lowest BCUT2D eigenvalue weighted by atomic mass is 10.0. The van der Waals surface area contributed by atoms with Crippen LogP contribution < -0.4 is 0 Å². The first kappa shape index (κ1) is 15.8. The summed E-state index contributed by atoms with van der Waals surface area (Å²) in [6, 6.07) is 0. The standard InChI is InChI=1S/C11H17O5P/c1-4-7-11(8-5-2,10(12)13)17(14,15)16-9-6-3/h4-6H,1-3,7-9H2,(H,12,13)(H,14,15). The SMILES string of the molecule is C=CCOP(=O)(O)C(CC=C)(CC=C)C(=O)O. The average molecular weight is 260 g/mol. The van der Waals surface area contributed by atoms with Gasteiger partial charge in [0.15, 0.2) is 5.16 Å². The van der Waals surface area contributed by atoms with Crippen LogP contribution in [0.25, 0.3) is 0 Å². The molecule has 0 saturated heterocycles. The summed E-state index contributed by atoms with van der Waals surface area (Å²) in [5, 5.41) is 7.26. The van der Waals surface area contributed by atoms with Gasteiger partial charge in [-0.3, -0.25) is 9.36 Å². The van der Waals surface area contributed by atoms with E-state index in [1.54, 1.807) is 0 Å². The third kappa shape index (κ3) is 3.40. The minimum Gasteiger partial charge on any atom is -0.480 e. The van der Waals surface area contributed by atoms with Crippen molar-refractivity contribution >= 4 is 13.6 Å². The lowest BCUT2D eigenvalue weighted by Gasteiger charge is -2.30. The van der Waals surface area contributed by atoms with E-state index in [0.29, 0.717) is 0 Å². The molecule has 0 heterocycles. The van der Waals surface area contributed by atoms with E-state index in [4.69, 9.17) is 4.52 Å². The molecule has 96 valence electrons. The highest BCUT2D eigenvalue weighted by molar-refractivity contribution is 7.55. The Hall–Kier alpha value is -1.16. The van der Waals surface area contributed by atoms with Crippen molar-refractivity contribution < 1.29 is 23.9 Å². The van der Waals surface area contributed by atoms with Gasteiger partial charge in [0.2, 0.25) is 0 Å². The van der Waals surface area contributed by atoms with E-state index in [-0.39, 0.29) is 19.4 Å². The van der Waals surface area contributed by atoms with Crippen molar-refractivity contribution in [2.75, 3.05) is 6.61 Å². The average Bonchev–Trinajstić information content (AvgIpc) is 2.25. The first-order chi connectivity index (χ1) is 7.88. The predicted molar refractivity (Wildman–Crippen MR) is 66.0 cm³/mol. The van der Waals surface area contributed by atoms with Crippen molar-refractivity contribution in [1.82, 2.24) is 0 Å². The summed E-state index contributed by atoms with van der Waals surface area (Å²) in [6.07, 6.45) is 3.46. The van der Waals surface area contributed by atoms with Crippen molar-refractivity contribution in [3.8, 4) is 0 Å². The van der Waals surface area contributed by atoms with Gasteiger partial charge in [0, 0.05) is 0 Å². The molecule has 0 fully saturated rings. The molecule has 0 aromatic heterocycles. The molecule has 0 aromatic carbocycles. The molecule has 0 aliphatic carbocycles. The first-order valence-corrected chi connectivity index (χ1v) is 6.49. The molecule has 1 atom stereocenters. The maximum absolute atomic E-state index is 12.0. The van der Waals surface area contributed by atoms with Crippen LogP contribution in [0.2, 0.25) is 0 Å². The quantitative estimate of drug-likeness (QED) is 0.491. The topological polar surface area (TPSA) is 83.8 Å². The van der Waals surface area contributed by atoms with Crippen LogP contribution >= 0.6 is 7.60 Å². The van der Waals surface area contributed by atoms with Crippen LogP contribution in [0, 0.1) is 0 Å². The number of rotatable bonds is 9. The van der Waals surface area contributed by atoms with Crippen LogP contribution in [0.4, 0.5) is 0 Å². The Kier molecular flexibility index (Phi) is 6.10. The number of aliphatic carboxylic acids is 1. The van der Waals surface area contributed by atoms with Crippen LogP contribution in [0.3, 0.4) is 0 Å². The van der Waals surface area contributed by atoms with E-state index in [1.165, 1.54) is 18.2 Å². The zero-order chi connectivity index (χ0) is 13.5. The van der Waals surface area contributed by atoms with E-state index < -0.39 is 18.7 Å². The van der Waals surface area contributed by atoms with Gasteiger partial charge in [-0.05, 0) is 12.8 Å². The molecule has 0 radical (unpaired) electrons. The third-order valence-electron chi connectivity index (χ3n) is 2.27. The fourth-order valence-corrected chi connectivity index (χ4v) is 2.88. The zero-order valence-electron chi connectivity index (χ0n) is 9.54. The second-order valence-electron chi connectivity index (χ2n) is 3.43. The molecule has 0 rings (SSSR count). The van der Waals surface area contributed by atoms with Crippen molar-refractivity contribution in [3.63, 3.8) is 0 Å². The molecule has 2 N–H and O–H groups in total. The number of allylic oxidation sites excluding steroid dienone is 2. The highest BCUT2D eigenvalue weighted by Crippen LogP contribution is 2.59. The molecule has 0 amide bonds. The number of carboxylic acids is 1. The molecule has 0 aliphatic heterocycles. The number of hydrogen-bond donors (Lipinski definition) is 2. The molecular formula is C11H17O5P. The van der Waals surface area contributed by atoms with Gasteiger partial charge >= 0.3 is 13.6 Å². The second-order valence-corrected chi connectivity index (χ2v) is 5.58. The molecule has 0 saturated carbocycles. The zero-order valence-corrected chi connectivity index (χ0v) is 10.4. The van der Waals surface area contributed by atoms with Gasteiger partial charge < -0.3 is 14.5 Å². The minimum atomic E-state index is -4.35. The molecular weight excluding hydrogens is 243 g/mol. The van der Waals surface area contributed by atoms with Crippen molar-refractivity contribution in [2.24, 2.45) is 0 Å². The molecule has 6 heteroatoms. The van der Waals surface area contributed by atoms with E-state index in [0.717, 1.165) is 0 Å². The minimum absolute atomic E-state index is 0.181. The summed E-state index contributed by atoms with van der Waals surface area (Å²) in [6.45, 7) is 9.94. The molecule has 1 unspecified atom stereocenters. The van der Waals surface area contributed by atoms with E-state index in [1.807, 2.05) is 0 Å². The summed E-state index contributed by atoms with van der Waals surface area (Å²) in [5.41, 5.74) is 0. The molecule has 0 bridgehead atoms. The summed E-state index contributed by atoms with van der Waals surface area (Å²) in [5.74, 6) is -1.41. The smallest absolute Gasteiger partial charge is 0.346 e. The van der Waals surface area contributed by atoms with Gasteiger partial charge in [0.1, 0.15) is 0 Å². The van der Waals surface area contributed by atoms with Gasteiger partial charge in [-0.15, -0.1) is 19.7 Å². The molecule has 0 aromatic rings. The fourth-order valence-electron chi connectivity index (χ4n) is 1.36. The summed E-state index contributed by atoms with van der Waals surface area (Å²) in [7, 11) is -4.35. The van der Waals surface area contributed by atoms with Crippen LogP contribution in [-0.2, 0) is 13.9 Å². The maximum Gasteiger partial charge on any atom is 0.346 e. The Morgan fingerprint density at radius 3 is 2.00 bits per heavy atom. The van der Waals surface area contributed by atoms with E-state index in [9.17, 15) is 19.4 Å². The fraction of sp³-hybridized carbons (Fsp3) is 0.364. The van der Waals surface area contributed by atoms with Gasteiger partial charge in [-0.1, -0.05) is 18.2 Å². The van der Waals surface area contributed by atoms with Crippen molar-refractivity contribution in [2.45, 2.75) is 18.0 Å². The second kappa shape index (κ2) is 6.55. The summed E-state index contributed by atoms with van der Waals surface area (Å²) in [4.78, 5) is 21.1. The van der Waals surface area contributed by atoms with E-state index >= 15 is 0 Å².